The molecule has 6 nitrogen and oxygen atoms in total. The zero-order chi connectivity index (χ0) is 18.0. The van der Waals surface area contributed by atoms with Gasteiger partial charge in [-0.1, -0.05) is 50.1 Å². The average Bonchev–Trinajstić information content (AvgIpc) is 2.57. The maximum absolute atomic E-state index is 10.4. The largest absolute Gasteiger partial charge is 0.481 e. The minimum Gasteiger partial charge on any atom is -0.481 e. The van der Waals surface area contributed by atoms with Crippen LogP contribution in [0.15, 0.2) is 36.5 Å². The number of carboxylic acids is 1. The van der Waals surface area contributed by atoms with E-state index in [9.17, 15) is 4.79 Å². The second-order valence-corrected chi connectivity index (χ2v) is 5.52. The smallest absolute Gasteiger partial charge is 0.303 e. The highest BCUT2D eigenvalue weighted by Gasteiger charge is 2.18. The van der Waals surface area contributed by atoms with Gasteiger partial charge in [-0.15, -0.1) is 0 Å². The van der Waals surface area contributed by atoms with E-state index in [0.29, 0.717) is 12.8 Å². The van der Waals surface area contributed by atoms with Gasteiger partial charge < -0.3 is 5.11 Å². The molecule has 2 atom stereocenters. The third kappa shape index (κ3) is 13.0. The van der Waals surface area contributed by atoms with E-state index < -0.39 is 18.2 Å². The number of aliphatic carboxylic acids is 1. The summed E-state index contributed by atoms with van der Waals surface area (Å²) in [6.45, 7) is 2.15. The van der Waals surface area contributed by atoms with Crippen LogP contribution in [0, 0.1) is 0 Å². The Balaban J connectivity index is 4.20. The number of rotatable bonds is 15. The van der Waals surface area contributed by atoms with E-state index in [1.807, 2.05) is 12.2 Å². The van der Waals surface area contributed by atoms with Crippen molar-refractivity contribution in [3.8, 4) is 0 Å². The van der Waals surface area contributed by atoms with Crippen molar-refractivity contribution in [2.75, 3.05) is 0 Å². The van der Waals surface area contributed by atoms with Crippen molar-refractivity contribution in [1.29, 1.82) is 0 Å². The fraction of sp³-hybridized carbons (Fsp3) is 0.611. The van der Waals surface area contributed by atoms with E-state index in [1.165, 1.54) is 12.8 Å². The van der Waals surface area contributed by atoms with Crippen LogP contribution in [0.25, 0.3) is 0 Å². The molecule has 3 N–H and O–H groups in total. The van der Waals surface area contributed by atoms with Crippen molar-refractivity contribution in [2.45, 2.75) is 70.5 Å². The second kappa shape index (κ2) is 16.4. The predicted molar refractivity (Wildman–Crippen MR) is 92.7 cm³/mol. The number of unbranched alkanes of at least 4 members (excludes halogenated alkanes) is 5. The Morgan fingerprint density at radius 3 is 2.17 bits per heavy atom. The van der Waals surface area contributed by atoms with Crippen molar-refractivity contribution in [1.82, 2.24) is 0 Å². The minimum absolute atomic E-state index is 0.142. The number of hydrogen-bond donors (Lipinski definition) is 3. The van der Waals surface area contributed by atoms with E-state index in [4.69, 9.17) is 15.6 Å². The monoisotopic (exact) mass is 342 g/mol. The van der Waals surface area contributed by atoms with Crippen LogP contribution in [0.4, 0.5) is 0 Å². The lowest BCUT2D eigenvalue weighted by molar-refractivity contribution is -0.334. The summed E-state index contributed by atoms with van der Waals surface area (Å²) in [7, 11) is 0. The number of carboxylic acid groups (broad SMARTS) is 1. The molecule has 0 aliphatic rings. The van der Waals surface area contributed by atoms with Gasteiger partial charge in [-0.05, 0) is 38.2 Å². The quantitative estimate of drug-likeness (QED) is 0.132. The van der Waals surface area contributed by atoms with Gasteiger partial charge >= 0.3 is 5.97 Å². The molecule has 0 aliphatic heterocycles. The third-order valence-corrected chi connectivity index (χ3v) is 3.43. The van der Waals surface area contributed by atoms with Gasteiger partial charge in [0.2, 0.25) is 0 Å². The molecule has 0 aliphatic carbocycles. The highest BCUT2D eigenvalue weighted by Crippen LogP contribution is 2.09. The second-order valence-electron chi connectivity index (χ2n) is 5.52. The number of hydrogen-bond acceptors (Lipinski definition) is 5. The number of carbonyl (C=O) groups is 1. The maximum atomic E-state index is 10.4. The van der Waals surface area contributed by atoms with Gasteiger partial charge in [0.05, 0.1) is 0 Å². The summed E-state index contributed by atoms with van der Waals surface area (Å²) in [5.74, 6) is -0.808. The molecule has 0 fully saturated rings. The molecular weight excluding hydrogens is 312 g/mol. The molecule has 138 valence electrons. The zero-order valence-electron chi connectivity index (χ0n) is 14.3. The van der Waals surface area contributed by atoms with Gasteiger partial charge in [0.25, 0.3) is 0 Å². The van der Waals surface area contributed by atoms with Crippen LogP contribution in [0.1, 0.15) is 58.3 Å². The van der Waals surface area contributed by atoms with Crippen molar-refractivity contribution < 1.29 is 30.2 Å². The Hall–Kier alpha value is -1.47. The van der Waals surface area contributed by atoms with E-state index in [2.05, 4.69) is 16.7 Å². The van der Waals surface area contributed by atoms with E-state index >= 15 is 0 Å². The average molecular weight is 342 g/mol. The van der Waals surface area contributed by atoms with Gasteiger partial charge in [0, 0.05) is 6.42 Å². The Labute approximate surface area is 144 Å². The van der Waals surface area contributed by atoms with Crippen LogP contribution in [0.2, 0.25) is 0 Å². The van der Waals surface area contributed by atoms with Crippen LogP contribution in [0.3, 0.4) is 0 Å². The fourth-order valence-corrected chi connectivity index (χ4v) is 2.04. The molecule has 0 radical (unpaired) electrons. The zero-order valence-corrected chi connectivity index (χ0v) is 14.3. The summed E-state index contributed by atoms with van der Waals surface area (Å²) in [6, 6.07) is 0. The fourth-order valence-electron chi connectivity index (χ4n) is 2.04. The molecule has 0 saturated heterocycles. The summed E-state index contributed by atoms with van der Waals surface area (Å²) >= 11 is 0. The lowest BCUT2D eigenvalue weighted by Crippen LogP contribution is -2.26. The molecule has 24 heavy (non-hydrogen) atoms. The molecular formula is C18H30O6. The Morgan fingerprint density at radius 2 is 1.54 bits per heavy atom. The van der Waals surface area contributed by atoms with E-state index in [1.54, 1.807) is 24.3 Å². The molecule has 0 heterocycles. The minimum atomic E-state index is -0.834. The van der Waals surface area contributed by atoms with Crippen LogP contribution in [-0.2, 0) is 14.6 Å². The Morgan fingerprint density at radius 1 is 0.917 bits per heavy atom. The SMILES string of the molecule is CCCCCC=CC=CC(OO)C(C=CCCCCC(=O)O)OO. The summed E-state index contributed by atoms with van der Waals surface area (Å²) in [4.78, 5) is 19.0. The molecule has 0 rings (SSSR count). The van der Waals surface area contributed by atoms with Crippen LogP contribution in [-0.4, -0.2) is 33.8 Å². The summed E-state index contributed by atoms with van der Waals surface area (Å²) < 4.78 is 0. The van der Waals surface area contributed by atoms with Crippen molar-refractivity contribution in [2.24, 2.45) is 0 Å². The molecule has 2 unspecified atom stereocenters. The molecule has 0 bridgehead atoms. The molecule has 0 aromatic carbocycles. The Bertz CT molecular complexity index is 389. The first-order chi connectivity index (χ1) is 11.7. The van der Waals surface area contributed by atoms with Crippen molar-refractivity contribution >= 4 is 5.97 Å². The van der Waals surface area contributed by atoms with Crippen LogP contribution in [0.5, 0.6) is 0 Å². The summed E-state index contributed by atoms with van der Waals surface area (Å²) in [5, 5.41) is 26.4. The van der Waals surface area contributed by atoms with Gasteiger partial charge in [-0.3, -0.25) is 15.3 Å². The van der Waals surface area contributed by atoms with E-state index in [0.717, 1.165) is 19.3 Å². The first-order valence-electron chi connectivity index (χ1n) is 8.47. The van der Waals surface area contributed by atoms with Gasteiger partial charge in [-0.25, -0.2) is 9.78 Å². The standard InChI is InChI=1S/C18H30O6/c1-2-3-4-5-6-7-10-13-16(23-21)17(24-22)14-11-8-9-12-15-18(19)20/h6-7,10-11,13-14,16-17,21-22H,2-5,8-9,12,15H2,1H3,(H,19,20). The van der Waals surface area contributed by atoms with Gasteiger partial charge in [0.15, 0.2) is 0 Å². The summed E-state index contributed by atoms with van der Waals surface area (Å²) in [6.07, 6.45) is 15.6. The molecule has 0 amide bonds. The molecule has 0 saturated carbocycles. The third-order valence-electron chi connectivity index (χ3n) is 3.43. The first kappa shape index (κ1) is 22.5. The van der Waals surface area contributed by atoms with Gasteiger partial charge in [0.1, 0.15) is 12.2 Å². The predicted octanol–water partition coefficient (Wildman–Crippen LogP) is 4.60. The number of allylic oxidation sites excluding steroid dienone is 4. The van der Waals surface area contributed by atoms with Crippen molar-refractivity contribution in [3.05, 3.63) is 36.5 Å². The van der Waals surface area contributed by atoms with Crippen LogP contribution >= 0.6 is 0 Å². The lowest BCUT2D eigenvalue weighted by Gasteiger charge is -2.15. The molecule has 6 heteroatoms. The molecule has 0 spiro atoms. The maximum Gasteiger partial charge on any atom is 0.303 e. The van der Waals surface area contributed by atoms with Crippen LogP contribution < -0.4 is 0 Å². The summed E-state index contributed by atoms with van der Waals surface area (Å²) in [5.41, 5.74) is 0. The highest BCUT2D eigenvalue weighted by atomic mass is 17.1. The topological polar surface area (TPSA) is 96.2 Å². The molecule has 0 aromatic heterocycles. The lowest BCUT2D eigenvalue weighted by atomic mass is 10.1. The van der Waals surface area contributed by atoms with Crippen molar-refractivity contribution in [3.63, 3.8) is 0 Å². The molecule has 0 aromatic rings. The van der Waals surface area contributed by atoms with E-state index in [-0.39, 0.29) is 6.42 Å². The normalized spacial score (nSPS) is 14.8. The Kier molecular flexibility index (Phi) is 15.4. The highest BCUT2D eigenvalue weighted by molar-refractivity contribution is 5.66. The van der Waals surface area contributed by atoms with Gasteiger partial charge in [-0.2, -0.15) is 0 Å². The first-order valence-corrected chi connectivity index (χ1v) is 8.47.